The Bertz CT molecular complexity index is 1780. The lowest BCUT2D eigenvalue weighted by Crippen LogP contribution is -2.33. The maximum absolute atomic E-state index is 13.4. The Balaban J connectivity index is 1.52. The summed E-state index contributed by atoms with van der Waals surface area (Å²) in [6, 6.07) is 5.25. The maximum atomic E-state index is 13.4. The molecule has 3 aromatic heterocycles. The molecule has 1 unspecified atom stereocenters. The normalized spacial score (nSPS) is 12.4. The van der Waals surface area contributed by atoms with Crippen LogP contribution in [0.4, 0.5) is 42.0 Å². The molecule has 224 valence electrons. The molecule has 5 rings (SSSR count). The number of ether oxygens (including phenoxy) is 1. The summed E-state index contributed by atoms with van der Waals surface area (Å²) in [5.41, 5.74) is 4.28. The van der Waals surface area contributed by atoms with Crippen molar-refractivity contribution in [2.24, 2.45) is 7.05 Å². The fraction of sp³-hybridized carbons (Fsp3) is 0.250. The minimum atomic E-state index is -4.45. The molecular weight excluding hydrogens is 646 g/mol. The molecule has 5 aromatic rings. The van der Waals surface area contributed by atoms with Crippen molar-refractivity contribution in [1.29, 1.82) is 0 Å². The van der Waals surface area contributed by atoms with Crippen molar-refractivity contribution in [3.8, 4) is 16.9 Å². The average molecular weight is 674 g/mol. The third kappa shape index (κ3) is 6.65. The first-order chi connectivity index (χ1) is 20.4. The Kier molecular flexibility index (Phi) is 8.70. The van der Waals surface area contributed by atoms with Gasteiger partial charge in [0, 0.05) is 65.7 Å². The molecule has 3 heterocycles. The number of aryl methyl sites for hydroxylation is 1. The van der Waals surface area contributed by atoms with Crippen LogP contribution in [0.25, 0.3) is 22.2 Å². The summed E-state index contributed by atoms with van der Waals surface area (Å²) < 4.78 is 48.1. The number of nitrogens with zero attached hydrogens (tertiary/aromatic N) is 6. The first kappa shape index (κ1) is 30.4. The first-order valence-corrected chi connectivity index (χ1v) is 16.0. The van der Waals surface area contributed by atoms with Gasteiger partial charge >= 0.3 is 6.18 Å². The van der Waals surface area contributed by atoms with E-state index in [1.54, 1.807) is 48.8 Å². The number of methoxy groups -OCH3 is 1. The smallest absolute Gasteiger partial charge is 0.408 e. The van der Waals surface area contributed by atoms with E-state index in [0.717, 1.165) is 28.9 Å². The first-order valence-electron chi connectivity index (χ1n) is 13.0. The van der Waals surface area contributed by atoms with Gasteiger partial charge in [-0.05, 0) is 54.4 Å². The summed E-state index contributed by atoms with van der Waals surface area (Å²) in [6.07, 6.45) is 3.80. The highest BCUT2D eigenvalue weighted by molar-refractivity contribution is 9.10. The Morgan fingerprint density at radius 3 is 2.44 bits per heavy atom. The molecule has 0 amide bonds. The van der Waals surface area contributed by atoms with Gasteiger partial charge < -0.3 is 20.7 Å². The van der Waals surface area contributed by atoms with Crippen LogP contribution in [0.3, 0.4) is 0 Å². The monoisotopic (exact) mass is 673 g/mol. The quantitative estimate of drug-likeness (QED) is 0.145. The predicted molar refractivity (Wildman–Crippen MR) is 169 cm³/mol. The van der Waals surface area contributed by atoms with E-state index in [1.165, 1.54) is 13.2 Å². The molecule has 2 aromatic carbocycles. The second kappa shape index (κ2) is 12.3. The van der Waals surface area contributed by atoms with E-state index in [9.17, 15) is 13.2 Å². The second-order valence-corrected chi connectivity index (χ2v) is 12.9. The zero-order chi connectivity index (χ0) is 30.9. The number of anilines is 5. The van der Waals surface area contributed by atoms with Crippen molar-refractivity contribution in [1.82, 2.24) is 29.7 Å². The van der Waals surface area contributed by atoms with Gasteiger partial charge in [-0.25, -0.2) is 4.98 Å². The Morgan fingerprint density at radius 1 is 1.00 bits per heavy atom. The van der Waals surface area contributed by atoms with Gasteiger partial charge in [0.1, 0.15) is 17.6 Å². The summed E-state index contributed by atoms with van der Waals surface area (Å²) in [6.45, 7) is 5.35. The fourth-order valence-corrected chi connectivity index (χ4v) is 5.92. The lowest BCUT2D eigenvalue weighted by atomic mass is 10.0. The van der Waals surface area contributed by atoms with Crippen LogP contribution in [-0.2, 0) is 7.05 Å². The Hall–Kier alpha value is -4.03. The van der Waals surface area contributed by atoms with Gasteiger partial charge in [0.05, 0.1) is 34.5 Å². The van der Waals surface area contributed by atoms with Crippen molar-refractivity contribution in [3.05, 3.63) is 59.7 Å². The summed E-state index contributed by atoms with van der Waals surface area (Å²) in [7, 11) is 2.61. The van der Waals surface area contributed by atoms with Crippen molar-refractivity contribution >= 4 is 69.0 Å². The van der Waals surface area contributed by atoms with Gasteiger partial charge in [0.15, 0.2) is 0 Å². The second-order valence-electron chi connectivity index (χ2n) is 9.83. The van der Waals surface area contributed by atoms with E-state index < -0.39 is 20.1 Å². The number of aromatic nitrogens is 6. The number of benzene rings is 2. The van der Waals surface area contributed by atoms with Gasteiger partial charge in [-0.1, -0.05) is 7.92 Å². The van der Waals surface area contributed by atoms with E-state index in [4.69, 9.17) is 4.74 Å². The van der Waals surface area contributed by atoms with E-state index in [2.05, 4.69) is 70.2 Å². The summed E-state index contributed by atoms with van der Waals surface area (Å²) in [5.74, 6) is 1.04. The molecule has 0 aliphatic heterocycles. The molecule has 3 N–H and O–H groups in total. The average Bonchev–Trinajstić information content (AvgIpc) is 3.40. The highest BCUT2D eigenvalue weighted by Gasteiger charge is 2.36. The third-order valence-corrected chi connectivity index (χ3v) is 8.45. The van der Waals surface area contributed by atoms with Crippen LogP contribution in [-0.4, -0.2) is 62.4 Å². The van der Waals surface area contributed by atoms with Crippen molar-refractivity contribution in [3.63, 3.8) is 0 Å². The molecule has 0 spiro atoms. The van der Waals surface area contributed by atoms with Crippen molar-refractivity contribution in [2.75, 3.05) is 36.4 Å². The minimum Gasteiger partial charge on any atom is -0.494 e. The number of nitrogens with one attached hydrogen (secondary N) is 3. The lowest BCUT2D eigenvalue weighted by Gasteiger charge is -2.22. The van der Waals surface area contributed by atoms with Crippen LogP contribution >= 0.6 is 23.9 Å². The van der Waals surface area contributed by atoms with Crippen molar-refractivity contribution in [2.45, 2.75) is 19.1 Å². The third-order valence-electron chi connectivity index (χ3n) is 6.52. The van der Waals surface area contributed by atoms with Crippen LogP contribution in [0, 0.1) is 0 Å². The number of hydrogen-bond donors (Lipinski definition) is 3. The molecule has 43 heavy (non-hydrogen) atoms. The van der Waals surface area contributed by atoms with E-state index >= 15 is 0 Å². The van der Waals surface area contributed by atoms with Gasteiger partial charge in [-0.2, -0.15) is 23.3 Å². The summed E-state index contributed by atoms with van der Waals surface area (Å²) in [5, 5.41) is 14.4. The molecule has 1 atom stereocenters. The summed E-state index contributed by atoms with van der Waals surface area (Å²) >= 11 is 3.53. The molecule has 0 saturated carbocycles. The zero-order valence-corrected chi connectivity index (χ0v) is 26.3. The number of alkyl halides is 3. The van der Waals surface area contributed by atoms with Crippen LogP contribution < -0.4 is 26.0 Å². The lowest BCUT2D eigenvalue weighted by molar-refractivity contribution is -0.138. The molecule has 10 nitrogen and oxygen atoms in total. The highest BCUT2D eigenvalue weighted by atomic mass is 79.9. The van der Waals surface area contributed by atoms with E-state index in [0.29, 0.717) is 32.9 Å². The maximum Gasteiger partial charge on any atom is 0.408 e. The van der Waals surface area contributed by atoms with Crippen LogP contribution in [0.1, 0.15) is 6.92 Å². The largest absolute Gasteiger partial charge is 0.494 e. The predicted octanol–water partition coefficient (Wildman–Crippen LogP) is 6.81. The number of rotatable bonds is 9. The molecule has 0 aliphatic carbocycles. The van der Waals surface area contributed by atoms with Crippen LogP contribution in [0.15, 0.2) is 59.7 Å². The minimum absolute atomic E-state index is 0.238. The number of fused-ring (bicyclic) bond motifs is 1. The van der Waals surface area contributed by atoms with Crippen molar-refractivity contribution < 1.29 is 17.9 Å². The van der Waals surface area contributed by atoms with Gasteiger partial charge in [-0.15, -0.1) is 0 Å². The molecule has 0 bridgehead atoms. The molecule has 0 radical (unpaired) electrons. The molecule has 15 heteroatoms. The zero-order valence-electron chi connectivity index (χ0n) is 23.8. The van der Waals surface area contributed by atoms with Gasteiger partial charge in [0.2, 0.25) is 5.95 Å². The highest BCUT2D eigenvalue weighted by Crippen LogP contribution is 2.40. The number of halogens is 4. The van der Waals surface area contributed by atoms with Crippen LogP contribution in [0.2, 0.25) is 0 Å². The number of hydrogen-bond acceptors (Lipinski definition) is 9. The topological polar surface area (TPSA) is 115 Å². The molecule has 0 saturated heterocycles. The molecule has 0 aliphatic rings. The standard InChI is InChI=1S/C28H28BrF3N9OP/c1-15(28(30,31)32)37-21-11-23(42-3)22(10-17(21)16-12-36-41(2)14-16)39-27-35-13-18(29)26(40-27)38-20-7-6-19-24(25(20)43(4)5)34-9-8-33-19/h6-15,37H,1-5H3,(H2,35,38,39,40). The SMILES string of the molecule is COc1cc(NC(C)C(F)(F)F)c(-c2cnn(C)c2)cc1Nc1ncc(Br)c(Nc2ccc3nccnc3c2P(C)C)n1. The molecule has 0 fully saturated rings. The fourth-order valence-electron chi connectivity index (χ4n) is 4.42. The van der Waals surface area contributed by atoms with Gasteiger partial charge in [-0.3, -0.25) is 14.6 Å². The molecular formula is C28H28BrF3N9OP. The van der Waals surface area contributed by atoms with E-state index in [-0.39, 0.29) is 11.6 Å². The van der Waals surface area contributed by atoms with Crippen LogP contribution in [0.5, 0.6) is 5.75 Å². The van der Waals surface area contributed by atoms with E-state index in [1.807, 2.05) is 12.1 Å². The summed E-state index contributed by atoms with van der Waals surface area (Å²) in [4.78, 5) is 18.1. The van der Waals surface area contributed by atoms with Gasteiger partial charge in [0.25, 0.3) is 0 Å². The Morgan fingerprint density at radius 2 is 1.77 bits per heavy atom. The Labute approximate surface area is 255 Å².